The van der Waals surface area contributed by atoms with Gasteiger partial charge in [-0.2, -0.15) is 0 Å². The van der Waals surface area contributed by atoms with Crippen molar-refractivity contribution in [1.29, 1.82) is 0 Å². The third-order valence-electron chi connectivity index (χ3n) is 2.00. The quantitative estimate of drug-likeness (QED) is 0.599. The molecule has 0 fully saturated rings. The molecule has 0 unspecified atom stereocenters. The minimum atomic E-state index is -0.218. The third-order valence-corrected chi connectivity index (χ3v) is 2.97. The number of carbonyl (C=O) groups is 1. The van der Waals surface area contributed by atoms with Crippen LogP contribution in [-0.2, 0) is 9.53 Å². The number of carbonyl (C=O) groups excluding carboxylic acids is 1. The van der Waals surface area contributed by atoms with Crippen LogP contribution in [0.1, 0.15) is 31.2 Å². The molecule has 0 saturated carbocycles. The molecule has 3 nitrogen and oxygen atoms in total. The molecule has 0 saturated heterocycles. The molecule has 1 N–H and O–H groups in total. The zero-order valence-electron chi connectivity index (χ0n) is 9.16. The van der Waals surface area contributed by atoms with E-state index in [0.717, 1.165) is 24.4 Å². The summed E-state index contributed by atoms with van der Waals surface area (Å²) in [5.74, 6) is -0.218. The average Bonchev–Trinajstić information content (AvgIpc) is 2.68. The smallest absolute Gasteiger partial charge is 0.303 e. The number of ether oxygens (including phenoxy) is 1. The largest absolute Gasteiger partial charge is 0.457 e. The molecule has 0 aromatic carbocycles. The Balaban J connectivity index is 2.50. The van der Waals surface area contributed by atoms with Gasteiger partial charge in [-0.15, -0.1) is 11.3 Å². The highest BCUT2D eigenvalue weighted by molar-refractivity contribution is 7.10. The van der Waals surface area contributed by atoms with Gasteiger partial charge in [-0.1, -0.05) is 13.0 Å². The second-order valence-electron chi connectivity index (χ2n) is 3.26. The van der Waals surface area contributed by atoms with Crippen LogP contribution in [0, 0.1) is 0 Å². The van der Waals surface area contributed by atoms with Gasteiger partial charge >= 0.3 is 5.97 Å². The normalized spacial score (nSPS) is 12.4. The second-order valence-corrected chi connectivity index (χ2v) is 4.23. The van der Waals surface area contributed by atoms with E-state index in [1.165, 1.54) is 6.92 Å². The molecule has 1 aromatic heterocycles. The number of nitrogens with one attached hydrogen (secondary N) is 1. The van der Waals surface area contributed by atoms with Crippen LogP contribution in [0.4, 0.5) is 0 Å². The van der Waals surface area contributed by atoms with Crippen molar-refractivity contribution in [3.05, 3.63) is 22.4 Å². The maximum atomic E-state index is 10.9. The first kappa shape index (κ1) is 12.2. The van der Waals surface area contributed by atoms with E-state index in [0.29, 0.717) is 0 Å². The molecule has 1 atom stereocenters. The minimum absolute atomic E-state index is 0.0958. The Morgan fingerprint density at radius 2 is 2.47 bits per heavy atom. The molecule has 0 aliphatic rings. The van der Waals surface area contributed by atoms with E-state index < -0.39 is 0 Å². The van der Waals surface area contributed by atoms with Crippen molar-refractivity contribution in [3.8, 4) is 0 Å². The number of esters is 1. The van der Waals surface area contributed by atoms with E-state index in [2.05, 4.69) is 12.2 Å². The van der Waals surface area contributed by atoms with E-state index in [9.17, 15) is 4.79 Å². The van der Waals surface area contributed by atoms with Gasteiger partial charge in [-0.05, 0) is 24.5 Å². The summed E-state index contributed by atoms with van der Waals surface area (Å²) >= 11 is 1.63. The lowest BCUT2D eigenvalue weighted by atomic mass is 10.2. The number of hydrogen-bond acceptors (Lipinski definition) is 4. The second kappa shape index (κ2) is 6.58. The summed E-state index contributed by atoms with van der Waals surface area (Å²) in [6, 6.07) is 3.98. The van der Waals surface area contributed by atoms with Crippen LogP contribution in [0.25, 0.3) is 0 Å². The van der Waals surface area contributed by atoms with Crippen LogP contribution >= 0.6 is 11.3 Å². The van der Waals surface area contributed by atoms with Crippen molar-refractivity contribution in [2.75, 3.05) is 13.1 Å². The predicted molar refractivity (Wildman–Crippen MR) is 62.0 cm³/mol. The molecule has 0 radical (unpaired) electrons. The molecule has 0 aliphatic carbocycles. The van der Waals surface area contributed by atoms with E-state index in [4.69, 9.17) is 4.74 Å². The monoisotopic (exact) mass is 227 g/mol. The van der Waals surface area contributed by atoms with Gasteiger partial charge < -0.3 is 10.1 Å². The summed E-state index contributed by atoms with van der Waals surface area (Å²) in [4.78, 5) is 12.1. The lowest BCUT2D eigenvalue weighted by Crippen LogP contribution is -2.18. The van der Waals surface area contributed by atoms with Crippen molar-refractivity contribution in [2.24, 2.45) is 0 Å². The molecule has 84 valence electrons. The number of hydrogen-bond donors (Lipinski definition) is 1. The van der Waals surface area contributed by atoms with Crippen molar-refractivity contribution < 1.29 is 9.53 Å². The standard InChI is InChI=1S/C11H17NO2S/c1-3-12-7-6-10(14-9(2)13)11-5-4-8-15-11/h4-5,8,10,12H,3,6-7H2,1-2H3/t10-/m0/s1. The van der Waals surface area contributed by atoms with Crippen molar-refractivity contribution in [2.45, 2.75) is 26.4 Å². The molecule has 0 amide bonds. The number of thiophene rings is 1. The Morgan fingerprint density at radius 1 is 1.67 bits per heavy atom. The van der Waals surface area contributed by atoms with Crippen LogP contribution < -0.4 is 5.32 Å². The van der Waals surface area contributed by atoms with Gasteiger partial charge in [0.1, 0.15) is 6.10 Å². The van der Waals surface area contributed by atoms with Crippen LogP contribution in [0.15, 0.2) is 17.5 Å². The van der Waals surface area contributed by atoms with Crippen molar-refractivity contribution in [3.63, 3.8) is 0 Å². The highest BCUT2D eigenvalue weighted by Gasteiger charge is 2.14. The van der Waals surface area contributed by atoms with Crippen LogP contribution in [-0.4, -0.2) is 19.1 Å². The van der Waals surface area contributed by atoms with Crippen LogP contribution in [0.3, 0.4) is 0 Å². The fraction of sp³-hybridized carbons (Fsp3) is 0.545. The van der Waals surface area contributed by atoms with E-state index in [1.807, 2.05) is 17.5 Å². The molecule has 0 spiro atoms. The molecule has 1 aromatic rings. The van der Waals surface area contributed by atoms with Gasteiger partial charge in [-0.3, -0.25) is 4.79 Å². The summed E-state index contributed by atoms with van der Waals surface area (Å²) in [6.07, 6.45) is 0.732. The van der Waals surface area contributed by atoms with Gasteiger partial charge in [-0.25, -0.2) is 0 Å². The molecule has 4 heteroatoms. The van der Waals surface area contributed by atoms with Crippen LogP contribution in [0.5, 0.6) is 0 Å². The molecule has 1 rings (SSSR count). The van der Waals surface area contributed by atoms with E-state index >= 15 is 0 Å². The van der Waals surface area contributed by atoms with Gasteiger partial charge in [0.05, 0.1) is 0 Å². The maximum Gasteiger partial charge on any atom is 0.303 e. The highest BCUT2D eigenvalue weighted by Crippen LogP contribution is 2.25. The van der Waals surface area contributed by atoms with Gasteiger partial charge in [0.2, 0.25) is 0 Å². The molecule has 1 heterocycles. The Bertz CT molecular complexity index is 285. The lowest BCUT2D eigenvalue weighted by molar-refractivity contribution is -0.146. The zero-order chi connectivity index (χ0) is 11.1. The van der Waals surface area contributed by atoms with Crippen LogP contribution in [0.2, 0.25) is 0 Å². The van der Waals surface area contributed by atoms with E-state index in [-0.39, 0.29) is 12.1 Å². The summed E-state index contributed by atoms with van der Waals surface area (Å²) < 4.78 is 5.27. The first-order valence-corrected chi connectivity index (χ1v) is 6.03. The van der Waals surface area contributed by atoms with Crippen molar-refractivity contribution in [1.82, 2.24) is 5.32 Å². The van der Waals surface area contributed by atoms with Crippen molar-refractivity contribution >= 4 is 17.3 Å². The average molecular weight is 227 g/mol. The fourth-order valence-electron chi connectivity index (χ4n) is 1.34. The topological polar surface area (TPSA) is 38.3 Å². The SMILES string of the molecule is CCNCC[C@H](OC(C)=O)c1cccs1. The predicted octanol–water partition coefficient (Wildman–Crippen LogP) is 2.35. The molecule has 0 aliphatic heterocycles. The first-order valence-electron chi connectivity index (χ1n) is 5.15. The summed E-state index contributed by atoms with van der Waals surface area (Å²) in [6.45, 7) is 5.32. The van der Waals surface area contributed by atoms with Gasteiger partial charge in [0.15, 0.2) is 0 Å². The Morgan fingerprint density at radius 3 is 3.00 bits per heavy atom. The third kappa shape index (κ3) is 4.44. The minimum Gasteiger partial charge on any atom is -0.457 e. The molecule has 0 bridgehead atoms. The molecular weight excluding hydrogens is 210 g/mol. The molecular formula is C11H17NO2S. The Hall–Kier alpha value is -0.870. The fourth-order valence-corrected chi connectivity index (χ4v) is 2.13. The summed E-state index contributed by atoms with van der Waals surface area (Å²) in [5.41, 5.74) is 0. The summed E-state index contributed by atoms with van der Waals surface area (Å²) in [5, 5.41) is 5.23. The Labute approximate surface area is 94.5 Å². The van der Waals surface area contributed by atoms with Gasteiger partial charge in [0, 0.05) is 18.2 Å². The lowest BCUT2D eigenvalue weighted by Gasteiger charge is -2.15. The van der Waals surface area contributed by atoms with E-state index in [1.54, 1.807) is 11.3 Å². The Kier molecular flexibility index (Phi) is 5.36. The maximum absolute atomic E-state index is 10.9. The number of rotatable bonds is 6. The summed E-state index contributed by atoms with van der Waals surface area (Å²) in [7, 11) is 0. The van der Waals surface area contributed by atoms with Gasteiger partial charge in [0.25, 0.3) is 0 Å². The zero-order valence-corrected chi connectivity index (χ0v) is 9.97. The molecule has 15 heavy (non-hydrogen) atoms. The highest BCUT2D eigenvalue weighted by atomic mass is 32.1. The first-order chi connectivity index (χ1) is 7.24.